The molecule has 0 bridgehead atoms. The van der Waals surface area contributed by atoms with Gasteiger partial charge in [-0.2, -0.15) is 10.5 Å². The summed E-state index contributed by atoms with van der Waals surface area (Å²) < 4.78 is 5.03. The van der Waals surface area contributed by atoms with Crippen LogP contribution in [0.4, 0.5) is 10.5 Å². The molecule has 1 saturated heterocycles. The van der Waals surface area contributed by atoms with E-state index in [4.69, 9.17) is 4.74 Å². The number of benzene rings is 1. The Morgan fingerprint density at radius 3 is 2.35 bits per heavy atom. The highest BCUT2D eigenvalue weighted by atomic mass is 16.6. The van der Waals surface area contributed by atoms with Gasteiger partial charge in [0.2, 0.25) is 0 Å². The molecular weight excluding hydrogens is 292 g/mol. The largest absolute Gasteiger partial charge is 0.450 e. The Balaban J connectivity index is 2.10. The summed E-state index contributed by atoms with van der Waals surface area (Å²) >= 11 is 0. The van der Waals surface area contributed by atoms with Crippen molar-refractivity contribution in [3.8, 4) is 12.1 Å². The molecule has 0 radical (unpaired) electrons. The van der Waals surface area contributed by atoms with Gasteiger partial charge in [0.1, 0.15) is 12.1 Å². The molecule has 0 unspecified atom stereocenters. The third-order valence-electron chi connectivity index (χ3n) is 4.16. The van der Waals surface area contributed by atoms with Crippen LogP contribution in [0.25, 0.3) is 0 Å². The fourth-order valence-electron chi connectivity index (χ4n) is 2.92. The maximum Gasteiger partial charge on any atom is 0.409 e. The van der Waals surface area contributed by atoms with Crippen molar-refractivity contribution in [2.45, 2.75) is 25.8 Å². The van der Waals surface area contributed by atoms with E-state index in [-0.39, 0.29) is 12.1 Å². The van der Waals surface area contributed by atoms with Gasteiger partial charge in [-0.1, -0.05) is 6.07 Å². The lowest BCUT2D eigenvalue weighted by molar-refractivity contribution is 0.0962. The number of nitriles is 2. The number of rotatable bonds is 3. The number of carbonyl (C=O) groups is 1. The Bertz CT molecular complexity index is 619. The first-order chi connectivity index (χ1) is 11.1. The average molecular weight is 312 g/mol. The van der Waals surface area contributed by atoms with Crippen molar-refractivity contribution < 1.29 is 9.53 Å². The molecule has 0 aromatic heterocycles. The van der Waals surface area contributed by atoms with E-state index in [1.807, 2.05) is 0 Å². The lowest BCUT2D eigenvalue weighted by atomic mass is 10.00. The van der Waals surface area contributed by atoms with E-state index in [0.29, 0.717) is 36.5 Å². The van der Waals surface area contributed by atoms with Crippen molar-refractivity contribution in [2.75, 3.05) is 31.6 Å². The molecule has 23 heavy (non-hydrogen) atoms. The van der Waals surface area contributed by atoms with Crippen LogP contribution >= 0.6 is 0 Å². The van der Waals surface area contributed by atoms with Gasteiger partial charge >= 0.3 is 6.09 Å². The van der Waals surface area contributed by atoms with Crippen molar-refractivity contribution >= 4 is 11.8 Å². The fourth-order valence-corrected chi connectivity index (χ4v) is 2.92. The number of para-hydroxylation sites is 1. The molecule has 1 aliphatic rings. The number of anilines is 1. The molecule has 1 heterocycles. The zero-order valence-electron chi connectivity index (χ0n) is 13.5. The van der Waals surface area contributed by atoms with E-state index in [0.717, 1.165) is 12.8 Å². The Morgan fingerprint density at radius 2 is 1.87 bits per heavy atom. The summed E-state index contributed by atoms with van der Waals surface area (Å²) in [6, 6.07) is 9.62. The third-order valence-corrected chi connectivity index (χ3v) is 4.16. The number of amides is 1. The second-order valence-corrected chi connectivity index (χ2v) is 5.45. The lowest BCUT2D eigenvalue weighted by Gasteiger charge is -2.37. The van der Waals surface area contributed by atoms with Gasteiger partial charge in [0.25, 0.3) is 0 Å². The second kappa shape index (κ2) is 7.51. The van der Waals surface area contributed by atoms with E-state index in [1.165, 1.54) is 0 Å². The highest BCUT2D eigenvalue weighted by Crippen LogP contribution is 2.28. The van der Waals surface area contributed by atoms with E-state index < -0.39 is 0 Å². The van der Waals surface area contributed by atoms with E-state index in [9.17, 15) is 15.3 Å². The van der Waals surface area contributed by atoms with Crippen LogP contribution in [0, 0.1) is 22.7 Å². The molecule has 0 spiro atoms. The Hall–Kier alpha value is -2.73. The normalized spacial score (nSPS) is 14.7. The monoisotopic (exact) mass is 312 g/mol. The van der Waals surface area contributed by atoms with E-state index in [1.54, 1.807) is 37.1 Å². The molecule has 1 amide bonds. The van der Waals surface area contributed by atoms with Gasteiger partial charge in [-0.15, -0.1) is 0 Å². The SMILES string of the molecule is CCOC(=O)N(C)C1CCN(c2c(C#N)cccc2C#N)CC1. The van der Waals surface area contributed by atoms with Gasteiger partial charge in [0.05, 0.1) is 23.4 Å². The smallest absolute Gasteiger partial charge is 0.409 e. The van der Waals surface area contributed by atoms with Gasteiger partial charge in [-0.05, 0) is 31.9 Å². The number of hydrogen-bond donors (Lipinski definition) is 0. The van der Waals surface area contributed by atoms with Crippen LogP contribution in [-0.4, -0.2) is 43.8 Å². The molecule has 6 heteroatoms. The van der Waals surface area contributed by atoms with E-state index in [2.05, 4.69) is 17.0 Å². The minimum absolute atomic E-state index is 0.116. The zero-order valence-corrected chi connectivity index (χ0v) is 13.5. The van der Waals surface area contributed by atoms with Gasteiger partial charge in [-0.3, -0.25) is 0 Å². The molecule has 0 aliphatic carbocycles. The molecule has 0 atom stereocenters. The van der Waals surface area contributed by atoms with Gasteiger partial charge < -0.3 is 14.5 Å². The maximum atomic E-state index is 11.8. The number of nitrogens with zero attached hydrogens (tertiary/aromatic N) is 4. The highest BCUT2D eigenvalue weighted by molar-refractivity contribution is 5.69. The van der Waals surface area contributed by atoms with Crippen molar-refractivity contribution in [3.05, 3.63) is 29.3 Å². The minimum atomic E-state index is -0.305. The van der Waals surface area contributed by atoms with Crippen molar-refractivity contribution in [2.24, 2.45) is 0 Å². The van der Waals surface area contributed by atoms with E-state index >= 15 is 0 Å². The summed E-state index contributed by atoms with van der Waals surface area (Å²) in [4.78, 5) is 15.5. The summed E-state index contributed by atoms with van der Waals surface area (Å²) in [6.07, 6.45) is 1.25. The Labute approximate surface area is 136 Å². The molecule has 0 saturated carbocycles. The molecule has 1 aromatic carbocycles. The molecule has 6 nitrogen and oxygen atoms in total. The van der Waals surface area contributed by atoms with Gasteiger partial charge in [0.15, 0.2) is 0 Å². The van der Waals surface area contributed by atoms with Crippen LogP contribution in [0.1, 0.15) is 30.9 Å². The highest BCUT2D eigenvalue weighted by Gasteiger charge is 2.28. The van der Waals surface area contributed by atoms with Crippen LogP contribution in [0.3, 0.4) is 0 Å². The third kappa shape index (κ3) is 3.54. The van der Waals surface area contributed by atoms with Crippen molar-refractivity contribution in [1.29, 1.82) is 10.5 Å². The molecular formula is C17H20N4O2. The van der Waals surface area contributed by atoms with Crippen LogP contribution < -0.4 is 4.90 Å². The number of piperidine rings is 1. The van der Waals surface area contributed by atoms with Crippen LogP contribution in [0.5, 0.6) is 0 Å². The summed E-state index contributed by atoms with van der Waals surface area (Å²) in [5.74, 6) is 0. The quantitative estimate of drug-likeness (QED) is 0.856. The van der Waals surface area contributed by atoms with Crippen LogP contribution in [0.15, 0.2) is 18.2 Å². The first kappa shape index (κ1) is 16.6. The maximum absolute atomic E-state index is 11.8. The second-order valence-electron chi connectivity index (χ2n) is 5.45. The van der Waals surface area contributed by atoms with Gasteiger partial charge in [0, 0.05) is 26.2 Å². The van der Waals surface area contributed by atoms with Crippen LogP contribution in [0.2, 0.25) is 0 Å². The van der Waals surface area contributed by atoms with Crippen molar-refractivity contribution in [1.82, 2.24) is 4.90 Å². The lowest BCUT2D eigenvalue weighted by Crippen LogP contribution is -2.46. The molecule has 2 rings (SSSR count). The van der Waals surface area contributed by atoms with Gasteiger partial charge in [-0.25, -0.2) is 4.79 Å². The topological polar surface area (TPSA) is 80.4 Å². The first-order valence-electron chi connectivity index (χ1n) is 7.70. The molecule has 120 valence electrons. The summed E-state index contributed by atoms with van der Waals surface area (Å²) in [5, 5.41) is 18.6. The number of ether oxygens (including phenoxy) is 1. The molecule has 1 aliphatic heterocycles. The summed E-state index contributed by atoms with van der Waals surface area (Å²) in [5.41, 5.74) is 1.73. The predicted molar refractivity (Wildman–Crippen MR) is 85.9 cm³/mol. The number of hydrogen-bond acceptors (Lipinski definition) is 5. The fraction of sp³-hybridized carbons (Fsp3) is 0.471. The standard InChI is InChI=1S/C17H20N4O2/c1-3-23-17(22)20(2)15-7-9-21(10-8-15)16-13(11-18)5-4-6-14(16)12-19/h4-6,15H,3,7-10H2,1-2H3. The minimum Gasteiger partial charge on any atom is -0.450 e. The summed E-state index contributed by atoms with van der Waals surface area (Å²) in [7, 11) is 1.75. The van der Waals surface area contributed by atoms with Crippen molar-refractivity contribution in [3.63, 3.8) is 0 Å². The van der Waals surface area contributed by atoms with Crippen LogP contribution in [-0.2, 0) is 4.74 Å². The average Bonchev–Trinajstić information content (AvgIpc) is 2.60. The molecule has 1 fully saturated rings. The Kier molecular flexibility index (Phi) is 5.43. The first-order valence-corrected chi connectivity index (χ1v) is 7.70. The molecule has 0 N–H and O–H groups in total. The predicted octanol–water partition coefficient (Wildman–Crippen LogP) is 2.49. The number of carbonyl (C=O) groups excluding carboxylic acids is 1. The Morgan fingerprint density at radius 1 is 1.30 bits per heavy atom. The summed E-state index contributed by atoms with van der Waals surface area (Å²) in [6.45, 7) is 3.54. The molecule has 1 aromatic rings. The zero-order chi connectivity index (χ0) is 16.8.